The van der Waals surface area contributed by atoms with E-state index >= 15 is 0 Å². The Kier molecular flexibility index (Phi) is 3.87. The van der Waals surface area contributed by atoms with E-state index in [0.717, 1.165) is 0 Å². The highest BCUT2D eigenvalue weighted by atomic mass is 16.5. The van der Waals surface area contributed by atoms with Gasteiger partial charge in [0.2, 0.25) is 11.6 Å². The van der Waals surface area contributed by atoms with Crippen LogP contribution in [0.5, 0.6) is 5.75 Å². The molecular formula is C20H19N3O4. The Labute approximate surface area is 156 Å². The lowest BCUT2D eigenvalue weighted by Crippen LogP contribution is -2.68. The van der Waals surface area contributed by atoms with Gasteiger partial charge in [0.05, 0.1) is 24.0 Å². The quantitative estimate of drug-likeness (QED) is 0.905. The van der Waals surface area contributed by atoms with Crippen molar-refractivity contribution in [2.24, 2.45) is 0 Å². The molecular weight excluding hydrogens is 346 g/mol. The molecule has 0 spiro atoms. The number of anilines is 2. The van der Waals surface area contributed by atoms with Gasteiger partial charge in [-0.25, -0.2) is 0 Å². The first kappa shape index (κ1) is 17.1. The molecule has 2 aliphatic rings. The maximum atomic E-state index is 13.4. The molecule has 0 aromatic heterocycles. The molecule has 0 saturated carbocycles. The van der Waals surface area contributed by atoms with Gasteiger partial charge < -0.3 is 15.0 Å². The molecule has 1 fully saturated rings. The van der Waals surface area contributed by atoms with Crippen LogP contribution in [0, 0.1) is 0 Å². The van der Waals surface area contributed by atoms with Crippen LogP contribution in [-0.4, -0.2) is 42.4 Å². The number of methoxy groups -OCH3 is 1. The van der Waals surface area contributed by atoms with Gasteiger partial charge in [0.1, 0.15) is 5.75 Å². The zero-order valence-corrected chi connectivity index (χ0v) is 15.1. The number of ether oxygens (including phenoxy) is 1. The summed E-state index contributed by atoms with van der Waals surface area (Å²) in [6.07, 6.45) is 0.411. The fraction of sp³-hybridized carbons (Fsp3) is 0.250. The van der Waals surface area contributed by atoms with Gasteiger partial charge in [0.15, 0.2) is 0 Å². The van der Waals surface area contributed by atoms with E-state index in [1.165, 1.54) is 16.9 Å². The molecule has 7 heteroatoms. The first-order valence-electron chi connectivity index (χ1n) is 8.65. The summed E-state index contributed by atoms with van der Waals surface area (Å²) in [6.45, 7) is 0. The first-order chi connectivity index (χ1) is 13.0. The Balaban J connectivity index is 1.81. The second kappa shape index (κ2) is 6.12. The summed E-state index contributed by atoms with van der Waals surface area (Å²) in [6, 6.07) is 13.9. The minimum Gasteiger partial charge on any atom is -0.495 e. The van der Waals surface area contributed by atoms with Crippen molar-refractivity contribution in [3.8, 4) is 5.75 Å². The second-order valence-corrected chi connectivity index (χ2v) is 6.58. The van der Waals surface area contributed by atoms with Gasteiger partial charge in [-0.2, -0.15) is 0 Å². The highest BCUT2D eigenvalue weighted by molar-refractivity contribution is 6.18. The maximum absolute atomic E-state index is 13.4. The Bertz CT molecular complexity index is 958. The van der Waals surface area contributed by atoms with Crippen molar-refractivity contribution in [1.82, 2.24) is 4.90 Å². The molecule has 4 rings (SSSR count). The topological polar surface area (TPSA) is 79.0 Å². The van der Waals surface area contributed by atoms with E-state index in [1.807, 2.05) is 0 Å². The molecule has 138 valence electrons. The Morgan fingerprint density at radius 1 is 1.11 bits per heavy atom. The predicted molar refractivity (Wildman–Crippen MR) is 99.6 cm³/mol. The Hall–Kier alpha value is -3.35. The van der Waals surface area contributed by atoms with Crippen molar-refractivity contribution in [2.75, 3.05) is 24.4 Å². The third-order valence-corrected chi connectivity index (χ3v) is 5.26. The number of nitrogens with zero attached hydrogens (tertiary/aromatic N) is 2. The van der Waals surface area contributed by atoms with E-state index in [2.05, 4.69) is 5.32 Å². The fourth-order valence-corrected chi connectivity index (χ4v) is 3.90. The second-order valence-electron chi connectivity index (χ2n) is 6.58. The van der Waals surface area contributed by atoms with Gasteiger partial charge in [0.25, 0.3) is 11.8 Å². The maximum Gasteiger partial charge on any atom is 0.271 e. The van der Waals surface area contributed by atoms with E-state index in [-0.39, 0.29) is 24.7 Å². The molecule has 1 N–H and O–H groups in total. The molecule has 0 radical (unpaired) electrons. The van der Waals surface area contributed by atoms with Crippen molar-refractivity contribution < 1.29 is 19.1 Å². The summed E-state index contributed by atoms with van der Waals surface area (Å²) < 4.78 is 5.29. The van der Waals surface area contributed by atoms with E-state index in [1.54, 1.807) is 55.6 Å². The summed E-state index contributed by atoms with van der Waals surface area (Å²) >= 11 is 0. The number of nitrogens with one attached hydrogen (secondary N) is 1. The lowest BCUT2D eigenvalue weighted by Gasteiger charge is -2.47. The van der Waals surface area contributed by atoms with Gasteiger partial charge >= 0.3 is 0 Å². The number of carbonyl (C=O) groups is 3. The van der Waals surface area contributed by atoms with Crippen LogP contribution in [0.1, 0.15) is 23.2 Å². The highest BCUT2D eigenvalue weighted by Crippen LogP contribution is 2.44. The summed E-state index contributed by atoms with van der Waals surface area (Å²) in [5, 5.41) is 2.84. The van der Waals surface area contributed by atoms with Crippen LogP contribution in [-0.2, 0) is 9.59 Å². The minimum atomic E-state index is -1.40. The van der Waals surface area contributed by atoms with E-state index < -0.39 is 11.6 Å². The molecule has 27 heavy (non-hydrogen) atoms. The van der Waals surface area contributed by atoms with Gasteiger partial charge in [-0.05, 0) is 24.3 Å². The highest BCUT2D eigenvalue weighted by Gasteiger charge is 2.59. The molecule has 2 aromatic rings. The summed E-state index contributed by atoms with van der Waals surface area (Å²) in [7, 11) is 3.08. The average Bonchev–Trinajstić information content (AvgIpc) is 3.05. The number of rotatable bonds is 3. The summed E-state index contributed by atoms with van der Waals surface area (Å²) in [5.74, 6) is -0.407. The molecule has 1 atom stereocenters. The van der Waals surface area contributed by atoms with Crippen molar-refractivity contribution in [3.05, 3.63) is 54.1 Å². The van der Waals surface area contributed by atoms with Crippen molar-refractivity contribution in [2.45, 2.75) is 18.5 Å². The van der Waals surface area contributed by atoms with Crippen molar-refractivity contribution in [1.29, 1.82) is 0 Å². The van der Waals surface area contributed by atoms with Gasteiger partial charge in [-0.15, -0.1) is 0 Å². The van der Waals surface area contributed by atoms with Crippen molar-refractivity contribution in [3.63, 3.8) is 0 Å². The number of para-hydroxylation sites is 3. The monoisotopic (exact) mass is 365 g/mol. The van der Waals surface area contributed by atoms with Crippen LogP contribution in [0.4, 0.5) is 11.4 Å². The average molecular weight is 365 g/mol. The largest absolute Gasteiger partial charge is 0.495 e. The van der Waals surface area contributed by atoms with Gasteiger partial charge in [-0.1, -0.05) is 24.3 Å². The van der Waals surface area contributed by atoms with E-state index in [0.29, 0.717) is 22.7 Å². The van der Waals surface area contributed by atoms with Crippen LogP contribution in [0.15, 0.2) is 48.5 Å². The predicted octanol–water partition coefficient (Wildman–Crippen LogP) is 2.24. The summed E-state index contributed by atoms with van der Waals surface area (Å²) in [4.78, 5) is 41.8. The number of hydrogen-bond donors (Lipinski definition) is 1. The molecule has 2 aliphatic heterocycles. The Morgan fingerprint density at radius 3 is 2.59 bits per heavy atom. The smallest absolute Gasteiger partial charge is 0.271 e. The normalized spacial score (nSPS) is 21.0. The molecule has 7 nitrogen and oxygen atoms in total. The molecule has 0 bridgehead atoms. The van der Waals surface area contributed by atoms with E-state index in [4.69, 9.17) is 4.74 Å². The van der Waals surface area contributed by atoms with Crippen molar-refractivity contribution >= 4 is 29.1 Å². The van der Waals surface area contributed by atoms with Crippen LogP contribution in [0.3, 0.4) is 0 Å². The molecule has 1 saturated heterocycles. The molecule has 2 aromatic carbocycles. The molecule has 0 aliphatic carbocycles. The zero-order valence-electron chi connectivity index (χ0n) is 15.1. The number of fused-ring (bicyclic) bond motifs is 3. The van der Waals surface area contributed by atoms with Crippen LogP contribution in [0.2, 0.25) is 0 Å². The number of likely N-dealkylation sites (N-methyl/N-ethyl adjacent to an activating group) is 1. The first-order valence-corrected chi connectivity index (χ1v) is 8.65. The molecule has 3 amide bonds. The van der Waals surface area contributed by atoms with Crippen LogP contribution >= 0.6 is 0 Å². The fourth-order valence-electron chi connectivity index (χ4n) is 3.90. The molecule has 2 heterocycles. The van der Waals surface area contributed by atoms with E-state index in [9.17, 15) is 14.4 Å². The third kappa shape index (κ3) is 2.31. The van der Waals surface area contributed by atoms with Crippen LogP contribution in [0.25, 0.3) is 0 Å². The SMILES string of the molecule is COc1ccccc1NC(=O)C12CCC(=O)N1c1ccccc1C(=O)N2C. The number of amides is 3. The number of hydrogen-bond acceptors (Lipinski definition) is 4. The van der Waals surface area contributed by atoms with Crippen LogP contribution < -0.4 is 15.0 Å². The minimum absolute atomic E-state index is 0.183. The third-order valence-electron chi connectivity index (χ3n) is 5.26. The number of benzene rings is 2. The standard InChI is InChI=1S/C20H19N3O4/c1-22-18(25)13-7-3-5-9-15(13)23-17(24)11-12-20(22,23)19(26)21-14-8-4-6-10-16(14)27-2/h3-10H,11-12H2,1-2H3,(H,21,26). The Morgan fingerprint density at radius 2 is 1.81 bits per heavy atom. The lowest BCUT2D eigenvalue weighted by molar-refractivity contribution is -0.128. The van der Waals surface area contributed by atoms with Gasteiger partial charge in [-0.3, -0.25) is 19.3 Å². The van der Waals surface area contributed by atoms with Gasteiger partial charge in [0, 0.05) is 19.9 Å². The lowest BCUT2D eigenvalue weighted by atomic mass is 9.96. The number of carbonyl (C=O) groups excluding carboxylic acids is 3. The zero-order chi connectivity index (χ0) is 19.2. The molecule has 1 unspecified atom stereocenters. The summed E-state index contributed by atoms with van der Waals surface area (Å²) in [5.41, 5.74) is -0.0313.